The predicted octanol–water partition coefficient (Wildman–Crippen LogP) is 20.7. The van der Waals surface area contributed by atoms with Crippen LogP contribution in [-0.2, 0) is 28.6 Å². The third kappa shape index (κ3) is 58.8. The average Bonchev–Trinajstić information content (AvgIpc) is 3.39. The van der Waals surface area contributed by atoms with Crippen molar-refractivity contribution in [1.29, 1.82) is 0 Å². The Hall–Kier alpha value is -3.93. The smallest absolute Gasteiger partial charge is 0.306 e. The molecule has 0 bridgehead atoms. The molecule has 0 aromatic heterocycles. The molecule has 6 nitrogen and oxygen atoms in total. The zero-order chi connectivity index (χ0) is 52.9. The highest BCUT2D eigenvalue weighted by molar-refractivity contribution is 5.71. The van der Waals surface area contributed by atoms with Crippen molar-refractivity contribution in [1.82, 2.24) is 0 Å². The molecule has 0 aliphatic carbocycles. The van der Waals surface area contributed by atoms with Gasteiger partial charge in [0.2, 0.25) is 0 Å². The van der Waals surface area contributed by atoms with Crippen LogP contribution < -0.4 is 0 Å². The van der Waals surface area contributed by atoms with Crippen LogP contribution in [0, 0.1) is 0 Å². The number of esters is 3. The molecule has 0 spiro atoms. The van der Waals surface area contributed by atoms with E-state index in [-0.39, 0.29) is 31.1 Å². The fourth-order valence-electron chi connectivity index (χ4n) is 8.28. The Morgan fingerprint density at radius 1 is 0.301 bits per heavy atom. The lowest BCUT2D eigenvalue weighted by atomic mass is 10.1. The van der Waals surface area contributed by atoms with E-state index in [9.17, 15) is 14.4 Å². The molecule has 0 aliphatic rings. The molecule has 0 saturated carbocycles. The van der Waals surface area contributed by atoms with E-state index in [2.05, 4.69) is 130 Å². The first kappa shape index (κ1) is 69.1. The Morgan fingerprint density at radius 2 is 0.589 bits per heavy atom. The predicted molar refractivity (Wildman–Crippen MR) is 316 cm³/mol. The fraction of sp³-hybridized carbons (Fsp3) is 0.687. The van der Waals surface area contributed by atoms with E-state index in [4.69, 9.17) is 14.2 Å². The van der Waals surface area contributed by atoms with Crippen molar-refractivity contribution in [2.24, 2.45) is 0 Å². The van der Waals surface area contributed by atoms with Gasteiger partial charge in [-0.15, -0.1) is 0 Å². The van der Waals surface area contributed by atoms with Crippen LogP contribution in [0.5, 0.6) is 0 Å². The maximum Gasteiger partial charge on any atom is 0.306 e. The molecule has 0 saturated heterocycles. The Morgan fingerprint density at radius 3 is 0.945 bits per heavy atom. The van der Waals surface area contributed by atoms with Gasteiger partial charge in [-0.1, -0.05) is 265 Å². The molecule has 0 N–H and O–H groups in total. The van der Waals surface area contributed by atoms with Gasteiger partial charge in [0.15, 0.2) is 6.10 Å². The summed E-state index contributed by atoms with van der Waals surface area (Å²) in [6, 6.07) is 0. The summed E-state index contributed by atoms with van der Waals surface area (Å²) in [6.07, 6.45) is 82.1. The summed E-state index contributed by atoms with van der Waals surface area (Å²) in [6.45, 7) is 6.47. The summed E-state index contributed by atoms with van der Waals surface area (Å²) >= 11 is 0. The number of hydrogen-bond donors (Lipinski definition) is 0. The minimum Gasteiger partial charge on any atom is -0.462 e. The van der Waals surface area contributed by atoms with Gasteiger partial charge in [0.1, 0.15) is 13.2 Å². The van der Waals surface area contributed by atoms with E-state index in [1.165, 1.54) is 109 Å². The van der Waals surface area contributed by atoms with Crippen LogP contribution >= 0.6 is 0 Å². The molecule has 1 atom stereocenters. The van der Waals surface area contributed by atoms with Crippen LogP contribution in [0.1, 0.15) is 278 Å². The molecule has 0 rings (SSSR count). The molecule has 0 fully saturated rings. The molecule has 416 valence electrons. The number of allylic oxidation sites excluding steroid dienone is 18. The minimum atomic E-state index is -0.803. The number of hydrogen-bond acceptors (Lipinski definition) is 6. The van der Waals surface area contributed by atoms with Gasteiger partial charge in [-0.05, 0) is 103 Å². The van der Waals surface area contributed by atoms with E-state index in [0.29, 0.717) is 19.3 Å². The second-order valence-electron chi connectivity index (χ2n) is 20.0. The first-order chi connectivity index (χ1) is 36.0. The molecule has 1 unspecified atom stereocenters. The van der Waals surface area contributed by atoms with Crippen LogP contribution in [0.25, 0.3) is 0 Å². The van der Waals surface area contributed by atoms with Crippen LogP contribution in [0.2, 0.25) is 0 Å². The summed E-state index contributed by atoms with van der Waals surface area (Å²) < 4.78 is 16.9. The van der Waals surface area contributed by atoms with Crippen LogP contribution in [0.15, 0.2) is 109 Å². The molecule has 0 radical (unpaired) electrons. The summed E-state index contributed by atoms with van der Waals surface area (Å²) in [5.74, 6) is -0.938. The van der Waals surface area contributed by atoms with Crippen molar-refractivity contribution < 1.29 is 28.6 Å². The van der Waals surface area contributed by atoms with E-state index >= 15 is 0 Å². The number of unbranched alkanes of at least 4 members (excludes halogenated alkanes) is 29. The van der Waals surface area contributed by atoms with Gasteiger partial charge in [-0.3, -0.25) is 14.4 Å². The van der Waals surface area contributed by atoms with Crippen molar-refractivity contribution in [2.45, 2.75) is 284 Å². The minimum absolute atomic E-state index is 0.0973. The van der Waals surface area contributed by atoms with Crippen LogP contribution in [-0.4, -0.2) is 37.2 Å². The number of carbonyl (C=O) groups excluding carboxylic acids is 3. The lowest BCUT2D eigenvalue weighted by Gasteiger charge is -2.18. The first-order valence-corrected chi connectivity index (χ1v) is 30.5. The molecule has 0 amide bonds. The molecule has 0 aromatic rings. The maximum absolute atomic E-state index is 12.9. The third-order valence-electron chi connectivity index (χ3n) is 12.9. The Bertz CT molecular complexity index is 1490. The van der Waals surface area contributed by atoms with Crippen molar-refractivity contribution in [3.8, 4) is 0 Å². The maximum atomic E-state index is 12.9. The molecule has 0 heterocycles. The molecule has 0 aliphatic heterocycles. The Kier molecular flexibility index (Phi) is 57.4. The standard InChI is InChI=1S/C67H112O6/c1-4-7-10-13-16-19-22-25-28-31-34-37-39-42-45-48-51-54-57-60-66(69)72-63-64(73-67(70)61-58-55-52-49-46-43-40-36-33-30-27-24-21-18-15-12-9-6-3)62-71-65(68)59-56-53-50-47-44-41-38-35-32-29-26-23-20-17-14-11-8-5-2/h7,10,16,19,23-30,32-33,35-36,38,40,64H,4-6,8-9,11-15,17-18,20-22,31,34,37,39,41-63H2,1-3H3/b10-7-,19-16-,26-23-,27-24-,28-25-,32-29-,33-30-,38-35-,40-36-. The fourth-order valence-corrected chi connectivity index (χ4v) is 8.28. The summed E-state index contributed by atoms with van der Waals surface area (Å²) in [5.41, 5.74) is 0. The highest BCUT2D eigenvalue weighted by atomic mass is 16.6. The summed E-state index contributed by atoms with van der Waals surface area (Å²) in [4.78, 5) is 38.3. The van der Waals surface area contributed by atoms with E-state index in [0.717, 1.165) is 128 Å². The zero-order valence-corrected chi connectivity index (χ0v) is 47.6. The summed E-state index contributed by atoms with van der Waals surface area (Å²) in [5, 5.41) is 0. The van der Waals surface area contributed by atoms with Gasteiger partial charge in [-0.25, -0.2) is 0 Å². The molecule has 0 aromatic carbocycles. The molecular formula is C67H112O6. The van der Waals surface area contributed by atoms with E-state index < -0.39 is 6.10 Å². The molecule has 73 heavy (non-hydrogen) atoms. The lowest BCUT2D eigenvalue weighted by Crippen LogP contribution is -2.30. The van der Waals surface area contributed by atoms with Gasteiger partial charge >= 0.3 is 17.9 Å². The first-order valence-electron chi connectivity index (χ1n) is 30.5. The lowest BCUT2D eigenvalue weighted by molar-refractivity contribution is -0.167. The van der Waals surface area contributed by atoms with Crippen LogP contribution in [0.4, 0.5) is 0 Å². The van der Waals surface area contributed by atoms with Crippen LogP contribution in [0.3, 0.4) is 0 Å². The van der Waals surface area contributed by atoms with Crippen molar-refractivity contribution in [3.05, 3.63) is 109 Å². The second-order valence-corrected chi connectivity index (χ2v) is 20.0. The summed E-state index contributed by atoms with van der Waals surface area (Å²) in [7, 11) is 0. The van der Waals surface area contributed by atoms with Gasteiger partial charge in [-0.2, -0.15) is 0 Å². The zero-order valence-electron chi connectivity index (χ0n) is 47.6. The van der Waals surface area contributed by atoms with E-state index in [1.54, 1.807) is 0 Å². The number of ether oxygens (including phenoxy) is 3. The highest BCUT2D eigenvalue weighted by Crippen LogP contribution is 2.15. The SMILES string of the molecule is CC/C=C\C/C=C\C/C=C\CCCCCCCCCCCC(=O)OCC(COC(=O)CCCCCCC\C=C/C=C\C=C/CCCCCCC)OC(=O)CCCCCCC\C=C/C=C\C=C/CCCCCCC. The Labute approximate surface area is 450 Å². The highest BCUT2D eigenvalue weighted by Gasteiger charge is 2.19. The second kappa shape index (κ2) is 60.6. The van der Waals surface area contributed by atoms with Gasteiger partial charge in [0.05, 0.1) is 0 Å². The van der Waals surface area contributed by atoms with Crippen molar-refractivity contribution >= 4 is 17.9 Å². The van der Waals surface area contributed by atoms with Gasteiger partial charge in [0.25, 0.3) is 0 Å². The third-order valence-corrected chi connectivity index (χ3v) is 12.9. The topological polar surface area (TPSA) is 78.9 Å². The van der Waals surface area contributed by atoms with Crippen molar-refractivity contribution in [3.63, 3.8) is 0 Å². The average molecular weight is 1010 g/mol. The monoisotopic (exact) mass is 1010 g/mol. The van der Waals surface area contributed by atoms with Crippen molar-refractivity contribution in [2.75, 3.05) is 13.2 Å². The van der Waals surface area contributed by atoms with Gasteiger partial charge < -0.3 is 14.2 Å². The van der Waals surface area contributed by atoms with Gasteiger partial charge in [0, 0.05) is 19.3 Å². The largest absolute Gasteiger partial charge is 0.462 e. The number of carbonyl (C=O) groups is 3. The quantitative estimate of drug-likeness (QED) is 0.0199. The van der Waals surface area contributed by atoms with E-state index in [1.807, 2.05) is 0 Å². The molecular weight excluding hydrogens is 901 g/mol. The molecule has 6 heteroatoms. The number of rotatable bonds is 54. The Balaban J connectivity index is 4.48. The normalized spacial score (nSPS) is 12.9.